The van der Waals surface area contributed by atoms with E-state index in [1.165, 1.54) is 44.9 Å². The molecule has 3 fully saturated rings. The Labute approximate surface area is 180 Å². The Morgan fingerprint density at radius 1 is 0.931 bits per heavy atom. The summed E-state index contributed by atoms with van der Waals surface area (Å²) in [4.78, 5) is 0. The van der Waals surface area contributed by atoms with Crippen LogP contribution in [-0.2, 0) is 0 Å². The highest BCUT2D eigenvalue weighted by molar-refractivity contribution is 5.35. The van der Waals surface area contributed by atoms with Crippen LogP contribution in [0.5, 0.6) is 0 Å². The van der Waals surface area contributed by atoms with Crippen molar-refractivity contribution in [1.82, 2.24) is 0 Å². The van der Waals surface area contributed by atoms with Crippen molar-refractivity contribution in [2.75, 3.05) is 0 Å². The maximum absolute atomic E-state index is 10.3. The first kappa shape index (κ1) is 21.7. The fraction of sp³-hybridized carbons (Fsp3) is 0.857. The Morgan fingerprint density at radius 3 is 2.41 bits per heavy atom. The average molecular weight is 399 g/mol. The standard InChI is InChI=1S/C28H46O/c1-18(2)19(3)7-8-20(4)24-11-12-25-23-10-9-21-17-22(29)13-15-27(21,5)26(23)14-16-28(24,25)6/h7-8,18-22,24,26,29H,9-17H2,1-6H3/b8-7-. The zero-order valence-electron chi connectivity index (χ0n) is 20.0. The first-order chi connectivity index (χ1) is 13.7. The molecule has 4 aliphatic carbocycles. The molecule has 0 bridgehead atoms. The molecule has 8 unspecified atom stereocenters. The van der Waals surface area contributed by atoms with Crippen LogP contribution in [0.15, 0.2) is 23.3 Å². The van der Waals surface area contributed by atoms with Crippen LogP contribution in [0.2, 0.25) is 0 Å². The molecule has 8 atom stereocenters. The number of aliphatic hydroxyl groups is 1. The smallest absolute Gasteiger partial charge is 0.0543 e. The van der Waals surface area contributed by atoms with Gasteiger partial charge in [0.25, 0.3) is 0 Å². The van der Waals surface area contributed by atoms with E-state index in [1.807, 2.05) is 11.1 Å². The second-order valence-electron chi connectivity index (χ2n) is 12.2. The summed E-state index contributed by atoms with van der Waals surface area (Å²) in [5.41, 5.74) is 4.68. The Bertz CT molecular complexity index is 672. The third-order valence-corrected chi connectivity index (χ3v) is 10.4. The lowest BCUT2D eigenvalue weighted by atomic mass is 9.49. The maximum Gasteiger partial charge on any atom is 0.0543 e. The molecule has 1 nitrogen and oxygen atoms in total. The van der Waals surface area contributed by atoms with Gasteiger partial charge in [0.1, 0.15) is 0 Å². The lowest BCUT2D eigenvalue weighted by Crippen LogP contribution is -2.48. The van der Waals surface area contributed by atoms with Crippen molar-refractivity contribution in [3.05, 3.63) is 23.3 Å². The molecule has 0 heterocycles. The fourth-order valence-corrected chi connectivity index (χ4v) is 8.06. The number of rotatable bonds is 4. The summed E-state index contributed by atoms with van der Waals surface area (Å²) in [6, 6.07) is 0. The lowest BCUT2D eigenvalue weighted by molar-refractivity contribution is -0.0377. The van der Waals surface area contributed by atoms with E-state index in [0.717, 1.165) is 36.5 Å². The lowest BCUT2D eigenvalue weighted by Gasteiger charge is -2.56. The van der Waals surface area contributed by atoms with Crippen molar-refractivity contribution in [3.63, 3.8) is 0 Å². The van der Waals surface area contributed by atoms with Crippen LogP contribution in [0.25, 0.3) is 0 Å². The molecule has 4 rings (SSSR count). The molecule has 0 saturated heterocycles. The van der Waals surface area contributed by atoms with Crippen LogP contribution in [0, 0.1) is 46.3 Å². The monoisotopic (exact) mass is 398 g/mol. The highest BCUT2D eigenvalue weighted by Gasteiger charge is 2.55. The van der Waals surface area contributed by atoms with Gasteiger partial charge < -0.3 is 5.11 Å². The van der Waals surface area contributed by atoms with E-state index in [9.17, 15) is 5.11 Å². The van der Waals surface area contributed by atoms with E-state index in [2.05, 4.69) is 53.7 Å². The fourth-order valence-electron chi connectivity index (χ4n) is 8.06. The highest BCUT2D eigenvalue weighted by atomic mass is 16.3. The molecule has 0 aliphatic heterocycles. The molecule has 3 saturated carbocycles. The van der Waals surface area contributed by atoms with E-state index in [0.29, 0.717) is 22.7 Å². The molecule has 1 heteroatoms. The van der Waals surface area contributed by atoms with E-state index in [4.69, 9.17) is 0 Å². The predicted octanol–water partition coefficient (Wildman–Crippen LogP) is 7.55. The van der Waals surface area contributed by atoms with Crippen LogP contribution >= 0.6 is 0 Å². The molecule has 164 valence electrons. The van der Waals surface area contributed by atoms with E-state index >= 15 is 0 Å². The van der Waals surface area contributed by atoms with Crippen LogP contribution in [0.3, 0.4) is 0 Å². The SMILES string of the molecule is CC(C)C(C)/C=C\C(C)C1CCC2=C3CCC4CC(O)CCC4(C)C3CCC21C. The number of hydrogen-bond donors (Lipinski definition) is 1. The minimum Gasteiger partial charge on any atom is -0.393 e. The van der Waals surface area contributed by atoms with Crippen molar-refractivity contribution < 1.29 is 5.11 Å². The van der Waals surface area contributed by atoms with Gasteiger partial charge in [-0.2, -0.15) is 0 Å². The molecule has 0 radical (unpaired) electrons. The molecule has 0 aromatic carbocycles. The van der Waals surface area contributed by atoms with Crippen LogP contribution in [-0.4, -0.2) is 11.2 Å². The van der Waals surface area contributed by atoms with Gasteiger partial charge in [-0.1, -0.05) is 64.8 Å². The summed E-state index contributed by atoms with van der Waals surface area (Å²) in [5.74, 6) is 4.48. The molecule has 29 heavy (non-hydrogen) atoms. The Hall–Kier alpha value is -0.560. The largest absolute Gasteiger partial charge is 0.393 e. The normalized spacial score (nSPS) is 44.6. The third-order valence-electron chi connectivity index (χ3n) is 10.4. The van der Waals surface area contributed by atoms with Gasteiger partial charge in [-0.15, -0.1) is 0 Å². The van der Waals surface area contributed by atoms with Crippen molar-refractivity contribution in [1.29, 1.82) is 0 Å². The summed E-state index contributed by atoms with van der Waals surface area (Å²) in [7, 11) is 0. The minimum atomic E-state index is -0.0344. The predicted molar refractivity (Wildman–Crippen MR) is 124 cm³/mol. The minimum absolute atomic E-state index is 0.0344. The Balaban J connectivity index is 1.58. The Morgan fingerprint density at radius 2 is 1.69 bits per heavy atom. The van der Waals surface area contributed by atoms with Gasteiger partial charge in [-0.3, -0.25) is 0 Å². The average Bonchev–Trinajstić information content (AvgIpc) is 3.03. The second kappa shape index (κ2) is 7.85. The van der Waals surface area contributed by atoms with Gasteiger partial charge in [-0.25, -0.2) is 0 Å². The number of hydrogen-bond acceptors (Lipinski definition) is 1. The summed E-state index contributed by atoms with van der Waals surface area (Å²) >= 11 is 0. The van der Waals surface area contributed by atoms with Crippen LogP contribution in [0.4, 0.5) is 0 Å². The van der Waals surface area contributed by atoms with Crippen molar-refractivity contribution in [3.8, 4) is 0 Å². The molecular weight excluding hydrogens is 352 g/mol. The maximum atomic E-state index is 10.3. The molecule has 0 aromatic rings. The zero-order chi connectivity index (χ0) is 21.0. The molecule has 0 amide bonds. The number of aliphatic hydroxyl groups excluding tert-OH is 1. The summed E-state index contributed by atoms with van der Waals surface area (Å²) in [6.07, 6.45) is 16.5. The van der Waals surface area contributed by atoms with Gasteiger partial charge in [0.05, 0.1) is 6.10 Å². The third kappa shape index (κ3) is 3.58. The zero-order valence-corrected chi connectivity index (χ0v) is 20.0. The van der Waals surface area contributed by atoms with Gasteiger partial charge in [0, 0.05) is 0 Å². The van der Waals surface area contributed by atoms with Crippen LogP contribution in [0.1, 0.15) is 99.3 Å². The summed E-state index contributed by atoms with van der Waals surface area (Å²) in [6.45, 7) is 14.7. The highest BCUT2D eigenvalue weighted by Crippen LogP contribution is 2.65. The first-order valence-corrected chi connectivity index (χ1v) is 12.8. The Kier molecular flexibility index (Phi) is 5.86. The van der Waals surface area contributed by atoms with E-state index in [1.54, 1.807) is 0 Å². The van der Waals surface area contributed by atoms with Gasteiger partial charge >= 0.3 is 0 Å². The molecule has 0 aromatic heterocycles. The first-order valence-electron chi connectivity index (χ1n) is 12.8. The summed E-state index contributed by atoms with van der Waals surface area (Å²) in [5, 5.41) is 10.3. The van der Waals surface area contributed by atoms with Crippen molar-refractivity contribution >= 4 is 0 Å². The number of fused-ring (bicyclic) bond motifs is 4. The van der Waals surface area contributed by atoms with Gasteiger partial charge in [0.2, 0.25) is 0 Å². The van der Waals surface area contributed by atoms with Gasteiger partial charge in [0.15, 0.2) is 0 Å². The molecular formula is C28H46O. The van der Waals surface area contributed by atoms with Crippen LogP contribution < -0.4 is 0 Å². The van der Waals surface area contributed by atoms with Gasteiger partial charge in [-0.05, 0) is 104 Å². The second-order valence-corrected chi connectivity index (χ2v) is 12.2. The van der Waals surface area contributed by atoms with Crippen molar-refractivity contribution in [2.45, 2.75) is 105 Å². The molecule has 1 N–H and O–H groups in total. The van der Waals surface area contributed by atoms with E-state index in [-0.39, 0.29) is 6.10 Å². The topological polar surface area (TPSA) is 20.2 Å². The van der Waals surface area contributed by atoms with Crippen molar-refractivity contribution in [2.24, 2.45) is 46.3 Å². The molecule has 4 aliphatic rings. The van der Waals surface area contributed by atoms with E-state index < -0.39 is 0 Å². The summed E-state index contributed by atoms with van der Waals surface area (Å²) < 4.78 is 0. The number of allylic oxidation sites excluding steroid dienone is 4. The molecule has 0 spiro atoms. The quantitative estimate of drug-likeness (QED) is 0.484.